The molecule has 7 heteroatoms. The molecule has 0 amide bonds. The van der Waals surface area contributed by atoms with Crippen molar-refractivity contribution >= 4 is 17.0 Å². The van der Waals surface area contributed by atoms with Crippen LogP contribution in [0.3, 0.4) is 0 Å². The van der Waals surface area contributed by atoms with Crippen LogP contribution in [0.15, 0.2) is 35.3 Å². The van der Waals surface area contributed by atoms with Gasteiger partial charge < -0.3 is 19.6 Å². The Hall–Kier alpha value is -2.93. The summed E-state index contributed by atoms with van der Waals surface area (Å²) < 4.78 is 2.19. The summed E-state index contributed by atoms with van der Waals surface area (Å²) in [5, 5.41) is 9.54. The van der Waals surface area contributed by atoms with Gasteiger partial charge in [-0.25, -0.2) is 4.98 Å². The number of aromatic nitrogens is 3. The molecule has 0 radical (unpaired) electrons. The van der Waals surface area contributed by atoms with Gasteiger partial charge in [0.1, 0.15) is 5.82 Å². The molecule has 0 spiro atoms. The number of likely N-dealkylation sites (N-methyl/N-ethyl adjacent to an activating group) is 1. The molecule has 0 aliphatic carbocycles. The first-order valence-electron chi connectivity index (χ1n) is 11.2. The van der Waals surface area contributed by atoms with Crippen LogP contribution in [0.2, 0.25) is 0 Å². The zero-order chi connectivity index (χ0) is 23.4. The molecule has 2 aromatic heterocycles. The average molecular weight is 439 g/mol. The third-order valence-corrected chi connectivity index (χ3v) is 5.82. The molecular weight excluding hydrogens is 404 g/mol. The number of hydrogen-bond donors (Lipinski definition) is 2. The number of benzene rings is 1. The molecule has 172 valence electrons. The van der Waals surface area contributed by atoms with E-state index < -0.39 is 5.97 Å². The summed E-state index contributed by atoms with van der Waals surface area (Å²) in [6.45, 7) is 7.54. The molecule has 0 aliphatic heterocycles. The second-order valence-corrected chi connectivity index (χ2v) is 9.32. The lowest BCUT2D eigenvalue weighted by atomic mass is 9.91. The Morgan fingerprint density at radius 3 is 2.62 bits per heavy atom. The molecule has 2 N–H and O–H groups in total. The smallest absolute Gasteiger partial charge is 0.306 e. The summed E-state index contributed by atoms with van der Waals surface area (Å²) in [5.74, 6) is 0.127. The summed E-state index contributed by atoms with van der Waals surface area (Å²) in [6, 6.07) is 8.09. The number of nitrogens with zero attached hydrogens (tertiary/aromatic N) is 3. The summed E-state index contributed by atoms with van der Waals surface area (Å²) in [7, 11) is 4.08. The number of carboxylic acid groups (broad SMARTS) is 1. The van der Waals surface area contributed by atoms with Gasteiger partial charge in [-0.1, -0.05) is 19.9 Å². The number of H-pyrrole nitrogens is 1. The van der Waals surface area contributed by atoms with Gasteiger partial charge in [0.15, 0.2) is 0 Å². The van der Waals surface area contributed by atoms with Crippen LogP contribution >= 0.6 is 0 Å². The Balaban J connectivity index is 1.95. The second kappa shape index (κ2) is 10.1. The fraction of sp³-hybridized carbons (Fsp3) is 0.480. The maximum absolute atomic E-state index is 11.8. The van der Waals surface area contributed by atoms with E-state index in [9.17, 15) is 14.7 Å². The van der Waals surface area contributed by atoms with Crippen molar-refractivity contribution in [3.63, 3.8) is 0 Å². The highest BCUT2D eigenvalue weighted by Gasteiger charge is 2.19. The Morgan fingerprint density at radius 1 is 1.25 bits per heavy atom. The number of fused-ring (bicyclic) bond motifs is 1. The Kier molecular flexibility index (Phi) is 7.51. The fourth-order valence-corrected chi connectivity index (χ4v) is 4.06. The van der Waals surface area contributed by atoms with Gasteiger partial charge in [0.05, 0.1) is 17.0 Å². The molecule has 32 heavy (non-hydrogen) atoms. The van der Waals surface area contributed by atoms with E-state index in [2.05, 4.69) is 46.5 Å². The predicted octanol–water partition coefficient (Wildman–Crippen LogP) is 3.94. The molecule has 0 saturated heterocycles. The van der Waals surface area contributed by atoms with Gasteiger partial charge in [-0.15, -0.1) is 0 Å². The van der Waals surface area contributed by atoms with Gasteiger partial charge in [-0.2, -0.15) is 0 Å². The van der Waals surface area contributed by atoms with Crippen molar-refractivity contribution in [1.29, 1.82) is 0 Å². The molecule has 7 nitrogen and oxygen atoms in total. The van der Waals surface area contributed by atoms with Gasteiger partial charge in [0.2, 0.25) is 0 Å². The number of carbonyl (C=O) groups is 1. The molecular formula is C25H34N4O3. The van der Waals surface area contributed by atoms with Crippen LogP contribution in [0.4, 0.5) is 0 Å². The number of nitrogens with one attached hydrogen (secondary N) is 1. The number of aryl methyl sites for hydroxylation is 2. The number of aromatic amines is 1. The summed E-state index contributed by atoms with van der Waals surface area (Å²) in [5.41, 5.74) is 4.44. The number of imidazole rings is 1. The first-order valence-corrected chi connectivity index (χ1v) is 11.2. The van der Waals surface area contributed by atoms with Gasteiger partial charge in [-0.05, 0) is 70.0 Å². The van der Waals surface area contributed by atoms with Crippen LogP contribution in [0.5, 0.6) is 0 Å². The largest absolute Gasteiger partial charge is 0.481 e. The summed E-state index contributed by atoms with van der Waals surface area (Å²) >= 11 is 0. The number of hydrogen-bond acceptors (Lipinski definition) is 4. The van der Waals surface area contributed by atoms with Crippen LogP contribution < -0.4 is 5.56 Å². The summed E-state index contributed by atoms with van der Waals surface area (Å²) in [4.78, 5) is 33.3. The van der Waals surface area contributed by atoms with Gasteiger partial charge in [-0.3, -0.25) is 9.59 Å². The lowest BCUT2D eigenvalue weighted by Gasteiger charge is -2.15. The molecule has 0 bridgehead atoms. The average Bonchev–Trinajstić information content (AvgIpc) is 3.08. The molecule has 0 fully saturated rings. The van der Waals surface area contributed by atoms with E-state index in [0.717, 1.165) is 41.1 Å². The molecule has 0 aliphatic rings. The van der Waals surface area contributed by atoms with Crippen LogP contribution in [-0.2, 0) is 17.8 Å². The molecule has 2 heterocycles. The highest BCUT2D eigenvalue weighted by Crippen LogP contribution is 2.27. The van der Waals surface area contributed by atoms with Gasteiger partial charge in [0, 0.05) is 30.4 Å². The van der Waals surface area contributed by atoms with E-state index in [1.165, 1.54) is 0 Å². The van der Waals surface area contributed by atoms with E-state index >= 15 is 0 Å². The summed E-state index contributed by atoms with van der Waals surface area (Å²) in [6.07, 6.45) is 3.73. The third kappa shape index (κ3) is 5.65. The monoisotopic (exact) mass is 438 g/mol. The molecule has 3 aromatic rings. The minimum atomic E-state index is -0.719. The molecule has 1 atom stereocenters. The van der Waals surface area contributed by atoms with Crippen LogP contribution in [0, 0.1) is 18.8 Å². The highest BCUT2D eigenvalue weighted by atomic mass is 16.4. The lowest BCUT2D eigenvalue weighted by Crippen LogP contribution is -2.19. The van der Waals surface area contributed by atoms with Crippen molar-refractivity contribution in [1.82, 2.24) is 19.4 Å². The third-order valence-electron chi connectivity index (χ3n) is 5.82. The lowest BCUT2D eigenvalue weighted by molar-refractivity contribution is -0.142. The van der Waals surface area contributed by atoms with E-state index in [-0.39, 0.29) is 11.5 Å². The maximum atomic E-state index is 11.8. The first kappa shape index (κ1) is 23.7. The van der Waals surface area contributed by atoms with Crippen molar-refractivity contribution in [2.24, 2.45) is 11.8 Å². The van der Waals surface area contributed by atoms with Crippen LogP contribution in [-0.4, -0.2) is 51.2 Å². The minimum Gasteiger partial charge on any atom is -0.481 e. The van der Waals surface area contributed by atoms with Crippen molar-refractivity contribution in [2.75, 3.05) is 20.6 Å². The quantitative estimate of drug-likeness (QED) is 0.500. The maximum Gasteiger partial charge on any atom is 0.306 e. The van der Waals surface area contributed by atoms with E-state index in [1.54, 1.807) is 13.1 Å². The normalized spacial score (nSPS) is 12.7. The Bertz CT molecular complexity index is 1140. The minimum absolute atomic E-state index is 0.0960. The van der Waals surface area contributed by atoms with Gasteiger partial charge in [0.25, 0.3) is 5.56 Å². The standard InChI is InChI=1S/C25H34N4O3/c1-16(2)12-19(25(31)32)8-6-18-7-9-22-21(14-18)27-23(29(22)11-10-28(4)5)20-13-17(3)24(30)26-15-20/h7,9,13-16,19H,6,8,10-12H2,1-5H3,(H,26,30)(H,31,32)/t19-/m0/s1. The first-order chi connectivity index (χ1) is 15.2. The van der Waals surface area contributed by atoms with Crippen molar-refractivity contribution in [3.05, 3.63) is 51.9 Å². The predicted molar refractivity (Wildman–Crippen MR) is 128 cm³/mol. The second-order valence-electron chi connectivity index (χ2n) is 9.32. The number of carboxylic acids is 1. The SMILES string of the molecule is Cc1cc(-c2nc3cc(CC[C@@H](CC(C)C)C(=O)O)ccc3n2CCN(C)C)c[nH]c1=O. The Labute approximate surface area is 189 Å². The van der Waals surface area contributed by atoms with Crippen LogP contribution in [0.25, 0.3) is 22.4 Å². The van der Waals surface area contributed by atoms with E-state index in [4.69, 9.17) is 4.98 Å². The molecule has 3 rings (SSSR count). The Morgan fingerprint density at radius 2 is 2.00 bits per heavy atom. The van der Waals surface area contributed by atoms with E-state index in [0.29, 0.717) is 30.7 Å². The number of aliphatic carboxylic acids is 1. The fourth-order valence-electron chi connectivity index (χ4n) is 4.06. The van der Waals surface area contributed by atoms with Crippen LogP contribution in [0.1, 0.15) is 37.8 Å². The zero-order valence-electron chi connectivity index (χ0n) is 19.7. The van der Waals surface area contributed by atoms with Crippen molar-refractivity contribution in [2.45, 2.75) is 46.6 Å². The van der Waals surface area contributed by atoms with Crippen molar-refractivity contribution in [3.8, 4) is 11.4 Å². The van der Waals surface area contributed by atoms with E-state index in [1.807, 2.05) is 20.2 Å². The van der Waals surface area contributed by atoms with Gasteiger partial charge >= 0.3 is 5.97 Å². The molecule has 1 aromatic carbocycles. The topological polar surface area (TPSA) is 91.2 Å². The zero-order valence-corrected chi connectivity index (χ0v) is 19.7. The highest BCUT2D eigenvalue weighted by molar-refractivity contribution is 5.81. The molecule has 0 saturated carbocycles. The molecule has 0 unspecified atom stereocenters. The number of pyridine rings is 1. The van der Waals surface area contributed by atoms with Crippen molar-refractivity contribution < 1.29 is 9.90 Å². The number of rotatable bonds is 10.